The summed E-state index contributed by atoms with van der Waals surface area (Å²) in [6.07, 6.45) is 0. The monoisotopic (exact) mass is 229 g/mol. The molecule has 4 nitrogen and oxygen atoms in total. The van der Waals surface area contributed by atoms with Crippen molar-refractivity contribution >= 4 is 0 Å². The van der Waals surface area contributed by atoms with Crippen LogP contribution in [0, 0.1) is 5.82 Å². The summed E-state index contributed by atoms with van der Waals surface area (Å²) in [5.41, 5.74) is -0.808. The minimum atomic E-state index is -1.22. The Morgan fingerprint density at radius 3 is 2.75 bits per heavy atom. The van der Waals surface area contributed by atoms with Crippen molar-refractivity contribution in [3.8, 4) is 5.75 Å². The first-order chi connectivity index (χ1) is 7.44. The number of aliphatic hydroxyl groups is 2. The molecular formula is C11H16FNO3. The summed E-state index contributed by atoms with van der Waals surface area (Å²) in [6, 6.07) is 3.66. The van der Waals surface area contributed by atoms with Gasteiger partial charge < -0.3 is 20.6 Å². The van der Waals surface area contributed by atoms with Crippen LogP contribution in [0.15, 0.2) is 18.2 Å². The molecule has 0 spiro atoms. The van der Waals surface area contributed by atoms with Crippen LogP contribution in [0.5, 0.6) is 5.75 Å². The largest absolute Gasteiger partial charge is 0.508 e. The summed E-state index contributed by atoms with van der Waals surface area (Å²) in [5, 5.41) is 30.5. The average molecular weight is 229 g/mol. The smallest absolute Gasteiger partial charge is 0.123 e. The number of hydrogen-bond acceptors (Lipinski definition) is 4. The molecule has 0 aromatic heterocycles. The maximum absolute atomic E-state index is 12.8. The molecule has 0 fully saturated rings. The van der Waals surface area contributed by atoms with E-state index < -0.39 is 11.4 Å². The normalized spacial score (nSPS) is 14.8. The van der Waals surface area contributed by atoms with Crippen LogP contribution in [0.3, 0.4) is 0 Å². The van der Waals surface area contributed by atoms with Gasteiger partial charge in [-0.15, -0.1) is 0 Å². The van der Waals surface area contributed by atoms with Gasteiger partial charge in [0.05, 0.1) is 12.2 Å². The Balaban J connectivity index is 2.52. The van der Waals surface area contributed by atoms with E-state index in [1.165, 1.54) is 25.1 Å². The van der Waals surface area contributed by atoms with Crippen LogP contribution in [0.2, 0.25) is 0 Å². The van der Waals surface area contributed by atoms with Crippen LogP contribution in [0.4, 0.5) is 4.39 Å². The zero-order valence-electron chi connectivity index (χ0n) is 9.07. The van der Waals surface area contributed by atoms with Gasteiger partial charge in [-0.2, -0.15) is 0 Å². The van der Waals surface area contributed by atoms with Gasteiger partial charge in [0.1, 0.15) is 11.6 Å². The Morgan fingerprint density at radius 1 is 1.44 bits per heavy atom. The van der Waals surface area contributed by atoms with Crippen LogP contribution in [-0.4, -0.2) is 34.1 Å². The Morgan fingerprint density at radius 2 is 2.12 bits per heavy atom. The second-order valence-electron chi connectivity index (χ2n) is 4.03. The van der Waals surface area contributed by atoms with E-state index in [1.807, 2.05) is 0 Å². The van der Waals surface area contributed by atoms with E-state index >= 15 is 0 Å². The molecule has 1 aromatic carbocycles. The van der Waals surface area contributed by atoms with E-state index in [-0.39, 0.29) is 25.4 Å². The Hall–Kier alpha value is -1.17. The molecule has 5 heteroatoms. The van der Waals surface area contributed by atoms with Crippen molar-refractivity contribution in [3.63, 3.8) is 0 Å². The number of aliphatic hydroxyl groups excluding tert-OH is 1. The molecule has 0 radical (unpaired) electrons. The fraction of sp³-hybridized carbons (Fsp3) is 0.455. The molecule has 0 aliphatic carbocycles. The molecule has 16 heavy (non-hydrogen) atoms. The van der Waals surface area contributed by atoms with Crippen LogP contribution >= 0.6 is 0 Å². The Labute approximate surface area is 93.4 Å². The summed E-state index contributed by atoms with van der Waals surface area (Å²) in [5.74, 6) is -0.430. The molecule has 0 saturated heterocycles. The van der Waals surface area contributed by atoms with Crippen molar-refractivity contribution in [2.45, 2.75) is 19.1 Å². The Bertz CT molecular complexity index is 355. The number of phenols is 1. The quantitative estimate of drug-likeness (QED) is 0.588. The lowest BCUT2D eigenvalue weighted by molar-refractivity contribution is 0.00250. The van der Waals surface area contributed by atoms with Gasteiger partial charge in [0.2, 0.25) is 0 Å². The number of benzene rings is 1. The zero-order valence-corrected chi connectivity index (χ0v) is 9.07. The highest BCUT2D eigenvalue weighted by Gasteiger charge is 2.18. The minimum absolute atomic E-state index is 0.00228. The number of nitrogens with one attached hydrogen (secondary N) is 1. The van der Waals surface area contributed by atoms with E-state index in [0.29, 0.717) is 5.56 Å². The molecule has 0 aliphatic rings. The van der Waals surface area contributed by atoms with Crippen LogP contribution in [0.1, 0.15) is 12.5 Å². The maximum Gasteiger partial charge on any atom is 0.123 e. The first kappa shape index (κ1) is 12.9. The van der Waals surface area contributed by atoms with Gasteiger partial charge in [-0.05, 0) is 25.1 Å². The number of phenolic OH excluding ortho intramolecular Hbond substituents is 1. The number of aromatic hydroxyl groups is 1. The van der Waals surface area contributed by atoms with E-state index in [4.69, 9.17) is 5.11 Å². The van der Waals surface area contributed by atoms with Crippen LogP contribution in [0.25, 0.3) is 0 Å². The fourth-order valence-electron chi connectivity index (χ4n) is 1.22. The lowest BCUT2D eigenvalue weighted by Crippen LogP contribution is -2.40. The summed E-state index contributed by atoms with van der Waals surface area (Å²) in [6.45, 7) is 1.49. The second-order valence-corrected chi connectivity index (χ2v) is 4.03. The lowest BCUT2D eigenvalue weighted by Gasteiger charge is -2.20. The number of halogens is 1. The highest BCUT2D eigenvalue weighted by atomic mass is 19.1. The van der Waals surface area contributed by atoms with E-state index in [0.717, 1.165) is 0 Å². The highest BCUT2D eigenvalue weighted by Crippen LogP contribution is 2.17. The van der Waals surface area contributed by atoms with Gasteiger partial charge in [-0.25, -0.2) is 4.39 Å². The van der Waals surface area contributed by atoms with Crippen molar-refractivity contribution in [1.82, 2.24) is 5.32 Å². The minimum Gasteiger partial charge on any atom is -0.508 e. The molecule has 0 heterocycles. The van der Waals surface area contributed by atoms with Gasteiger partial charge in [-0.1, -0.05) is 0 Å². The molecular weight excluding hydrogens is 213 g/mol. The van der Waals surface area contributed by atoms with Crippen LogP contribution in [-0.2, 0) is 6.54 Å². The maximum atomic E-state index is 12.8. The Kier molecular flexibility index (Phi) is 4.23. The number of rotatable bonds is 5. The topological polar surface area (TPSA) is 72.7 Å². The van der Waals surface area contributed by atoms with E-state index in [1.54, 1.807) is 0 Å². The molecule has 0 bridgehead atoms. The molecule has 1 unspecified atom stereocenters. The average Bonchev–Trinajstić information content (AvgIpc) is 2.23. The lowest BCUT2D eigenvalue weighted by atomic mass is 10.1. The third-order valence-electron chi connectivity index (χ3n) is 2.20. The van der Waals surface area contributed by atoms with Gasteiger partial charge in [-0.3, -0.25) is 0 Å². The molecule has 1 aromatic rings. The van der Waals surface area contributed by atoms with Gasteiger partial charge in [0.25, 0.3) is 0 Å². The van der Waals surface area contributed by atoms with Crippen molar-refractivity contribution in [3.05, 3.63) is 29.6 Å². The van der Waals surface area contributed by atoms with Crippen molar-refractivity contribution < 1.29 is 19.7 Å². The standard InChI is InChI=1S/C11H16FNO3/c1-11(16,7-14)6-13-5-8-4-9(12)2-3-10(8)15/h2-4,13-16H,5-7H2,1H3. The first-order valence-electron chi connectivity index (χ1n) is 4.96. The summed E-state index contributed by atoms with van der Waals surface area (Å²) in [4.78, 5) is 0. The fourth-order valence-corrected chi connectivity index (χ4v) is 1.22. The zero-order chi connectivity index (χ0) is 12.2. The molecule has 0 amide bonds. The second kappa shape index (κ2) is 5.25. The predicted octanol–water partition coefficient (Wildman–Crippen LogP) is 0.364. The van der Waals surface area contributed by atoms with Gasteiger partial charge >= 0.3 is 0 Å². The van der Waals surface area contributed by atoms with Crippen molar-refractivity contribution in [2.75, 3.05) is 13.2 Å². The molecule has 1 rings (SSSR count). The summed E-state index contributed by atoms with van der Waals surface area (Å²) in [7, 11) is 0. The molecule has 90 valence electrons. The van der Waals surface area contributed by atoms with E-state index in [2.05, 4.69) is 5.32 Å². The SMILES string of the molecule is CC(O)(CO)CNCc1cc(F)ccc1O. The van der Waals surface area contributed by atoms with Gasteiger partial charge in [0.15, 0.2) is 0 Å². The molecule has 0 aliphatic heterocycles. The molecule has 0 saturated carbocycles. The summed E-state index contributed by atoms with van der Waals surface area (Å²) >= 11 is 0. The van der Waals surface area contributed by atoms with Crippen molar-refractivity contribution in [1.29, 1.82) is 0 Å². The highest BCUT2D eigenvalue weighted by molar-refractivity contribution is 5.32. The third kappa shape index (κ3) is 3.77. The summed E-state index contributed by atoms with van der Waals surface area (Å²) < 4.78 is 12.8. The van der Waals surface area contributed by atoms with Crippen molar-refractivity contribution in [2.24, 2.45) is 0 Å². The van der Waals surface area contributed by atoms with Crippen LogP contribution < -0.4 is 5.32 Å². The number of hydrogen-bond donors (Lipinski definition) is 4. The third-order valence-corrected chi connectivity index (χ3v) is 2.20. The molecule has 4 N–H and O–H groups in total. The first-order valence-corrected chi connectivity index (χ1v) is 4.96. The van der Waals surface area contributed by atoms with E-state index in [9.17, 15) is 14.6 Å². The predicted molar refractivity (Wildman–Crippen MR) is 57.5 cm³/mol. The van der Waals surface area contributed by atoms with Gasteiger partial charge in [0, 0.05) is 18.7 Å². The molecule has 1 atom stereocenters.